The van der Waals surface area contributed by atoms with E-state index in [2.05, 4.69) is 10.6 Å². The minimum atomic E-state index is -4.69. The third-order valence-corrected chi connectivity index (χ3v) is 4.41. The van der Waals surface area contributed by atoms with E-state index >= 15 is 0 Å². The van der Waals surface area contributed by atoms with Crippen molar-refractivity contribution < 1.29 is 37.1 Å². The Labute approximate surface area is 175 Å². The summed E-state index contributed by atoms with van der Waals surface area (Å²) in [6.07, 6.45) is -5.37. The van der Waals surface area contributed by atoms with Gasteiger partial charge < -0.3 is 15.7 Å². The summed E-state index contributed by atoms with van der Waals surface area (Å²) in [5.41, 5.74) is -0.804. The van der Waals surface area contributed by atoms with E-state index in [0.29, 0.717) is 5.56 Å². The molecule has 0 radical (unpaired) electrons. The first-order valence-corrected chi connectivity index (χ1v) is 9.17. The Morgan fingerprint density at radius 1 is 0.935 bits per heavy atom. The molecule has 0 bridgehead atoms. The fourth-order valence-corrected chi connectivity index (χ4v) is 2.98. The number of carbonyl (C=O) groups is 3. The Hall–Kier alpha value is -3.43. The number of amides is 2. The summed E-state index contributed by atoms with van der Waals surface area (Å²) in [5.74, 6) is -3.50. The van der Waals surface area contributed by atoms with Crippen molar-refractivity contribution in [1.82, 2.24) is 10.6 Å². The third-order valence-electron chi connectivity index (χ3n) is 4.41. The number of rotatable bonds is 8. The maximum Gasteiger partial charge on any atom is 0.416 e. The van der Waals surface area contributed by atoms with Crippen molar-refractivity contribution in [3.63, 3.8) is 0 Å². The standard InChI is InChI=1S/C21H20F4N2O4/c1-12(28)26-17(10-13-6-8-15(22)9-7-13)19(29)27-18(20(30)31)11-14-4-2-3-5-16(14)21(23,24)25/h2-9,17-18H,10-11H2,1H3,(H,26,28)(H,27,29)(H,30,31)/t17-,18-/m1/s1. The molecule has 0 fully saturated rings. The molecular formula is C21H20F4N2O4. The molecule has 0 heterocycles. The first-order valence-electron chi connectivity index (χ1n) is 9.17. The van der Waals surface area contributed by atoms with E-state index in [-0.39, 0.29) is 12.0 Å². The van der Waals surface area contributed by atoms with E-state index in [9.17, 15) is 37.1 Å². The normalized spacial score (nSPS) is 13.2. The van der Waals surface area contributed by atoms with Gasteiger partial charge in [-0.15, -0.1) is 0 Å². The quantitative estimate of drug-likeness (QED) is 0.550. The lowest BCUT2D eigenvalue weighted by Crippen LogP contribution is -2.52. The minimum Gasteiger partial charge on any atom is -0.480 e. The lowest BCUT2D eigenvalue weighted by atomic mass is 9.99. The van der Waals surface area contributed by atoms with Crippen molar-refractivity contribution in [3.8, 4) is 0 Å². The molecule has 6 nitrogen and oxygen atoms in total. The molecule has 0 aromatic heterocycles. The number of benzene rings is 2. The average Bonchev–Trinajstić information content (AvgIpc) is 2.67. The van der Waals surface area contributed by atoms with Gasteiger partial charge in [-0.05, 0) is 29.3 Å². The SMILES string of the molecule is CC(=O)N[C@H](Cc1ccc(F)cc1)C(=O)N[C@H](Cc1ccccc1C(F)(F)F)C(=O)O. The molecule has 0 saturated carbocycles. The molecule has 31 heavy (non-hydrogen) atoms. The largest absolute Gasteiger partial charge is 0.480 e. The maximum atomic E-state index is 13.2. The van der Waals surface area contributed by atoms with Gasteiger partial charge in [0.1, 0.15) is 17.9 Å². The molecule has 2 aromatic carbocycles. The Morgan fingerprint density at radius 3 is 2.10 bits per heavy atom. The van der Waals surface area contributed by atoms with Crippen LogP contribution < -0.4 is 10.6 Å². The van der Waals surface area contributed by atoms with Gasteiger partial charge in [0.05, 0.1) is 5.56 Å². The monoisotopic (exact) mass is 440 g/mol. The van der Waals surface area contributed by atoms with Crippen LogP contribution in [0.15, 0.2) is 48.5 Å². The highest BCUT2D eigenvalue weighted by molar-refractivity contribution is 5.90. The number of nitrogens with one attached hydrogen (secondary N) is 2. The molecule has 166 valence electrons. The minimum absolute atomic E-state index is 0.0723. The number of aliphatic carboxylic acids is 1. The van der Waals surface area contributed by atoms with Crippen molar-refractivity contribution in [2.24, 2.45) is 0 Å². The Bertz CT molecular complexity index is 945. The van der Waals surface area contributed by atoms with Gasteiger partial charge in [-0.1, -0.05) is 30.3 Å². The second-order valence-corrected chi connectivity index (χ2v) is 6.84. The summed E-state index contributed by atoms with van der Waals surface area (Å²) in [6.45, 7) is 1.15. The van der Waals surface area contributed by atoms with Crippen LogP contribution in [0.25, 0.3) is 0 Å². The summed E-state index contributed by atoms with van der Waals surface area (Å²) >= 11 is 0. The number of carbonyl (C=O) groups excluding carboxylic acids is 2. The summed E-state index contributed by atoms with van der Waals surface area (Å²) in [6, 6.07) is 6.70. The van der Waals surface area contributed by atoms with Crippen LogP contribution in [0, 0.1) is 5.82 Å². The second-order valence-electron chi connectivity index (χ2n) is 6.84. The molecule has 0 aliphatic heterocycles. The van der Waals surface area contributed by atoms with Crippen molar-refractivity contribution in [2.45, 2.75) is 38.0 Å². The predicted molar refractivity (Wildman–Crippen MR) is 102 cm³/mol. The summed E-state index contributed by atoms with van der Waals surface area (Å²) in [4.78, 5) is 35.7. The zero-order valence-corrected chi connectivity index (χ0v) is 16.4. The van der Waals surface area contributed by atoms with Gasteiger partial charge in [0, 0.05) is 19.8 Å². The number of halogens is 4. The van der Waals surface area contributed by atoms with Crippen LogP contribution >= 0.6 is 0 Å². The maximum absolute atomic E-state index is 13.2. The van der Waals surface area contributed by atoms with Crippen molar-refractivity contribution in [2.75, 3.05) is 0 Å². The number of hydrogen-bond acceptors (Lipinski definition) is 3. The van der Waals surface area contributed by atoms with Gasteiger partial charge >= 0.3 is 12.1 Å². The van der Waals surface area contributed by atoms with Gasteiger partial charge in [-0.2, -0.15) is 13.2 Å². The molecule has 2 atom stereocenters. The van der Waals surface area contributed by atoms with Crippen LogP contribution in [0.3, 0.4) is 0 Å². The Kier molecular flexibility index (Phi) is 7.73. The van der Waals surface area contributed by atoms with Crippen LogP contribution in [0.4, 0.5) is 17.6 Å². The second kappa shape index (κ2) is 10.1. The molecule has 0 aliphatic carbocycles. The molecule has 2 rings (SSSR count). The highest BCUT2D eigenvalue weighted by Crippen LogP contribution is 2.32. The Balaban J connectivity index is 2.21. The summed E-state index contributed by atoms with van der Waals surface area (Å²) in [7, 11) is 0. The van der Waals surface area contributed by atoms with Crippen LogP contribution in [-0.4, -0.2) is 35.0 Å². The summed E-state index contributed by atoms with van der Waals surface area (Å²) < 4.78 is 52.7. The zero-order valence-electron chi connectivity index (χ0n) is 16.4. The third kappa shape index (κ3) is 7.09. The number of hydrogen-bond donors (Lipinski definition) is 3. The van der Waals surface area contributed by atoms with E-state index in [0.717, 1.165) is 31.2 Å². The van der Waals surface area contributed by atoms with E-state index < -0.39 is 53.8 Å². The first-order chi connectivity index (χ1) is 14.5. The molecule has 0 saturated heterocycles. The molecule has 2 amide bonds. The topological polar surface area (TPSA) is 95.5 Å². The fraction of sp³-hybridized carbons (Fsp3) is 0.286. The lowest BCUT2D eigenvalue weighted by molar-refractivity contribution is -0.143. The van der Waals surface area contributed by atoms with Gasteiger partial charge in [0.15, 0.2) is 0 Å². The van der Waals surface area contributed by atoms with E-state index in [1.165, 1.54) is 24.3 Å². The van der Waals surface area contributed by atoms with Crippen LogP contribution in [0.5, 0.6) is 0 Å². The highest BCUT2D eigenvalue weighted by Gasteiger charge is 2.35. The van der Waals surface area contributed by atoms with Crippen molar-refractivity contribution >= 4 is 17.8 Å². The fourth-order valence-electron chi connectivity index (χ4n) is 2.98. The molecule has 0 spiro atoms. The van der Waals surface area contributed by atoms with Crippen LogP contribution in [0.1, 0.15) is 23.6 Å². The van der Waals surface area contributed by atoms with Crippen molar-refractivity contribution in [1.29, 1.82) is 0 Å². The first kappa shape index (κ1) is 23.8. The summed E-state index contributed by atoms with van der Waals surface area (Å²) in [5, 5.41) is 14.0. The van der Waals surface area contributed by atoms with Gasteiger partial charge in [-0.25, -0.2) is 9.18 Å². The predicted octanol–water partition coefficient (Wildman–Crippen LogP) is 2.70. The van der Waals surface area contributed by atoms with E-state index in [4.69, 9.17) is 0 Å². The number of carboxylic acids is 1. The smallest absolute Gasteiger partial charge is 0.416 e. The number of carboxylic acid groups (broad SMARTS) is 1. The van der Waals surface area contributed by atoms with E-state index in [1.54, 1.807) is 0 Å². The molecule has 2 aromatic rings. The zero-order chi connectivity index (χ0) is 23.2. The molecule has 10 heteroatoms. The van der Waals surface area contributed by atoms with Crippen molar-refractivity contribution in [3.05, 3.63) is 71.0 Å². The molecule has 0 unspecified atom stereocenters. The molecule has 0 aliphatic rings. The highest BCUT2D eigenvalue weighted by atomic mass is 19.4. The molecule has 3 N–H and O–H groups in total. The molecular weight excluding hydrogens is 420 g/mol. The van der Waals surface area contributed by atoms with Crippen LogP contribution in [0.2, 0.25) is 0 Å². The number of alkyl halides is 3. The Morgan fingerprint density at radius 2 is 1.55 bits per heavy atom. The van der Waals surface area contributed by atoms with Gasteiger partial charge in [0.25, 0.3) is 0 Å². The van der Waals surface area contributed by atoms with Crippen LogP contribution in [-0.2, 0) is 33.4 Å². The lowest BCUT2D eigenvalue weighted by Gasteiger charge is -2.22. The van der Waals surface area contributed by atoms with E-state index in [1.807, 2.05) is 0 Å². The average molecular weight is 440 g/mol. The van der Waals surface area contributed by atoms with Gasteiger partial charge in [0.2, 0.25) is 11.8 Å². The van der Waals surface area contributed by atoms with Gasteiger partial charge in [-0.3, -0.25) is 9.59 Å².